The minimum atomic E-state index is 0.0564. The van der Waals surface area contributed by atoms with Crippen LogP contribution in [0, 0.1) is 41.5 Å². The maximum absolute atomic E-state index is 2.46. The Morgan fingerprint density at radius 1 is 0.256 bits per heavy atom. The van der Waals surface area contributed by atoms with E-state index in [4.69, 9.17) is 0 Å². The molecular weight excluding hydrogens is 1460 g/mol. The number of fused-ring (bicyclic) bond motifs is 17. The molecule has 121 heavy (non-hydrogen) atoms. The van der Waals surface area contributed by atoms with Crippen molar-refractivity contribution in [3.63, 3.8) is 0 Å². The van der Waals surface area contributed by atoms with E-state index >= 15 is 0 Å². The van der Waals surface area contributed by atoms with E-state index in [1.165, 1.54) is 266 Å². The summed E-state index contributed by atoms with van der Waals surface area (Å²) in [5.41, 5.74) is 51.5. The summed E-state index contributed by atoms with van der Waals surface area (Å²) < 4.78 is 9.44. The minimum absolute atomic E-state index is 0.0564. The van der Waals surface area contributed by atoms with Crippen LogP contribution < -0.4 is 18.3 Å². The first-order valence-electron chi connectivity index (χ1n) is 43.1. The zero-order valence-electron chi connectivity index (χ0n) is 72.4. The molecule has 0 amide bonds. The number of hydrogen-bond acceptors (Lipinski definition) is 0. The molecule has 0 bridgehead atoms. The number of aryl methyl sites for hydroxylation is 9. The molecule has 5 aliphatic rings. The van der Waals surface area contributed by atoms with Crippen LogP contribution in [0.15, 0.2) is 304 Å². The van der Waals surface area contributed by atoms with Crippen molar-refractivity contribution >= 4 is 64.9 Å². The lowest BCUT2D eigenvalue weighted by Crippen LogP contribution is -2.32. The van der Waals surface area contributed by atoms with E-state index in [1.807, 2.05) is 0 Å². The van der Waals surface area contributed by atoms with Crippen LogP contribution >= 0.6 is 0 Å². The van der Waals surface area contributed by atoms with Crippen molar-refractivity contribution in [1.82, 2.24) is 0 Å². The van der Waals surface area contributed by atoms with Gasteiger partial charge in [0, 0.05) is 62.5 Å². The SMILES string of the molecule is Cc1c(-c2c3c4c(cccc4c[n+]2C)-c2ccccc2-3)cc(C(C)(C)C)c2ccccc12.Cc1c(-c2cc3c4c(cccc4[n+]2C)-c2ccccc2-3)cc(C(C)(C)C)c2ccccc12.Cc1cc(C)c(C)c(-c2c3c4c(cccc4c[n+]2C)-c2ccccc2-3)c1.Cc1ccc2c(c1-c1cc3c4c(cccc4[n+]1C)-c1ccccc1-3)Cc1ccccc1-2. The second kappa shape index (κ2) is 28.0. The van der Waals surface area contributed by atoms with Gasteiger partial charge in [-0.05, 0) is 239 Å². The van der Waals surface area contributed by atoms with Crippen LogP contribution in [-0.2, 0) is 45.4 Å². The first-order chi connectivity index (χ1) is 58.5. The van der Waals surface area contributed by atoms with Gasteiger partial charge < -0.3 is 0 Å². The van der Waals surface area contributed by atoms with E-state index in [0.717, 1.165) is 6.42 Å². The van der Waals surface area contributed by atoms with Gasteiger partial charge in [-0.25, -0.2) is 0 Å². The molecule has 0 fully saturated rings. The van der Waals surface area contributed by atoms with Crippen LogP contribution in [0.1, 0.15) is 97.2 Å². The van der Waals surface area contributed by atoms with E-state index < -0.39 is 0 Å². The lowest BCUT2D eigenvalue weighted by Gasteiger charge is -2.24. The van der Waals surface area contributed by atoms with Crippen LogP contribution in [0.5, 0.6) is 0 Å². The van der Waals surface area contributed by atoms with Crippen molar-refractivity contribution in [2.24, 2.45) is 28.2 Å². The Balaban J connectivity index is 0.0000000999. The van der Waals surface area contributed by atoms with Gasteiger partial charge in [-0.3, -0.25) is 0 Å². The summed E-state index contributed by atoms with van der Waals surface area (Å²) in [5.74, 6) is 0. The molecule has 24 rings (SSSR count). The van der Waals surface area contributed by atoms with Crippen LogP contribution in [0.4, 0.5) is 0 Å². The average Bonchev–Trinajstić information content (AvgIpc) is 1.69. The molecule has 19 aromatic rings. The van der Waals surface area contributed by atoms with E-state index in [-0.39, 0.29) is 10.8 Å². The lowest BCUT2D eigenvalue weighted by molar-refractivity contribution is -0.658. The summed E-state index contributed by atoms with van der Waals surface area (Å²) in [7, 11) is 8.81. The lowest BCUT2D eigenvalue weighted by atomic mass is 9.80. The maximum atomic E-state index is 2.46. The fourth-order valence-corrected chi connectivity index (χ4v) is 21.7. The van der Waals surface area contributed by atoms with Crippen LogP contribution in [-0.4, -0.2) is 0 Å². The quantitative estimate of drug-likeness (QED) is 0.156. The van der Waals surface area contributed by atoms with Gasteiger partial charge in [0.2, 0.25) is 33.8 Å². The summed E-state index contributed by atoms with van der Waals surface area (Å²) in [6, 6.07) is 108. The number of rotatable bonds is 4. The fraction of sp³-hybridized carbons (Fsp3) is 0.162. The second-order valence-corrected chi connectivity index (χ2v) is 36.7. The highest BCUT2D eigenvalue weighted by molar-refractivity contribution is 6.20. The minimum Gasteiger partial charge on any atom is -0.200 e. The summed E-state index contributed by atoms with van der Waals surface area (Å²) in [5, 5.41) is 13.5. The Bertz CT molecular complexity index is 7730. The van der Waals surface area contributed by atoms with Gasteiger partial charge >= 0.3 is 0 Å². The zero-order valence-corrected chi connectivity index (χ0v) is 72.4. The normalized spacial score (nSPS) is 12.4. The number of nitrogens with zero attached hydrogens (tertiary/aromatic N) is 4. The second-order valence-electron chi connectivity index (χ2n) is 36.7. The van der Waals surface area contributed by atoms with Gasteiger partial charge in [-0.2, -0.15) is 18.3 Å². The zero-order chi connectivity index (χ0) is 83.1. The number of aromatic nitrogens is 4. The van der Waals surface area contributed by atoms with Gasteiger partial charge in [0.15, 0.2) is 12.4 Å². The smallest absolute Gasteiger partial charge is 0.200 e. The Hall–Kier alpha value is -13.5. The summed E-state index contributed by atoms with van der Waals surface area (Å²) in [6.45, 7) is 27.4. The third-order valence-electron chi connectivity index (χ3n) is 27.5. The molecule has 4 aromatic heterocycles. The van der Waals surface area contributed by atoms with Gasteiger partial charge in [0.25, 0.3) is 0 Å². The molecule has 4 nitrogen and oxygen atoms in total. The van der Waals surface area contributed by atoms with Crippen molar-refractivity contribution in [3.05, 3.63) is 359 Å². The highest BCUT2D eigenvalue weighted by Gasteiger charge is 2.38. The van der Waals surface area contributed by atoms with Crippen LogP contribution in [0.3, 0.4) is 0 Å². The van der Waals surface area contributed by atoms with E-state index in [9.17, 15) is 0 Å². The fourth-order valence-electron chi connectivity index (χ4n) is 21.7. The molecule has 0 saturated heterocycles. The molecule has 0 aliphatic heterocycles. The number of benzene rings is 15. The molecule has 0 atom stereocenters. The van der Waals surface area contributed by atoms with E-state index in [2.05, 4.69) is 433 Å². The van der Waals surface area contributed by atoms with E-state index in [1.54, 1.807) is 0 Å². The monoisotopic (exact) mass is 1560 g/mol. The molecule has 0 N–H and O–H groups in total. The van der Waals surface area contributed by atoms with Gasteiger partial charge in [0.05, 0.1) is 38.6 Å². The van der Waals surface area contributed by atoms with Crippen molar-refractivity contribution in [2.45, 2.75) is 100 Å². The average molecular weight is 1560 g/mol. The Morgan fingerprint density at radius 3 is 1.12 bits per heavy atom. The molecule has 0 unspecified atom stereocenters. The van der Waals surface area contributed by atoms with Crippen molar-refractivity contribution in [3.8, 4) is 145 Å². The van der Waals surface area contributed by atoms with E-state index in [0.29, 0.717) is 0 Å². The molecule has 584 valence electrons. The Morgan fingerprint density at radius 2 is 0.628 bits per heavy atom. The Kier molecular flexibility index (Phi) is 17.4. The third-order valence-corrected chi connectivity index (χ3v) is 27.5. The molecular formula is C117H100N4+4. The van der Waals surface area contributed by atoms with Crippen molar-refractivity contribution in [1.29, 1.82) is 0 Å². The molecule has 4 heterocycles. The molecule has 15 aromatic carbocycles. The first-order valence-corrected chi connectivity index (χ1v) is 43.1. The molecule has 0 spiro atoms. The molecule has 5 aliphatic carbocycles. The summed E-state index contributed by atoms with van der Waals surface area (Å²) in [4.78, 5) is 0. The largest absolute Gasteiger partial charge is 0.221 e. The topological polar surface area (TPSA) is 15.5 Å². The summed E-state index contributed by atoms with van der Waals surface area (Å²) in [6.07, 6.45) is 5.59. The Labute approximate surface area is 711 Å². The standard InChI is InChI=1S/2C31H28N.C30H22N.C25H22N/c1-19-20-11-6-9-14-23(20)27(31(2,3)4)17-25(19)29-18-26-22-13-8-7-12-21(22)24-15-10-16-28(30(24)26)32(29)5;1-19-21-12-6-8-14-23(21)27(31(2,3)4)17-26(19)30-29-25-15-9-7-13-22(25)24-16-10-11-20(28(24)29)18-32(30)5;1-18-14-15-23-20-9-4-3-8-19(20)16-25(23)29(18)28-17-26-22-11-6-5-10-21(22)24-12-7-13-27(30(24)26)31(28)2;1-15-12-16(2)17(3)22(13-15)25-24-21-10-6-5-9-19(21)20-11-7-8-18(23(20)24)14-26(25)4/h2*6-18H,1-5H3;3-15,17H,16H2,1-2H3;5-14H,1-4H3/q4*+1. The molecule has 0 radical (unpaired) electrons. The molecule has 4 heteroatoms. The van der Waals surface area contributed by atoms with Crippen molar-refractivity contribution in [2.75, 3.05) is 0 Å². The maximum Gasteiger partial charge on any atom is 0.221 e. The number of pyridine rings is 4. The predicted molar refractivity (Wildman–Crippen MR) is 509 cm³/mol. The van der Waals surface area contributed by atoms with Crippen molar-refractivity contribution < 1.29 is 18.3 Å². The predicted octanol–water partition coefficient (Wildman–Crippen LogP) is 28.2. The third kappa shape index (κ3) is 11.6. The van der Waals surface area contributed by atoms with Gasteiger partial charge in [-0.1, -0.05) is 284 Å². The summed E-state index contributed by atoms with van der Waals surface area (Å²) >= 11 is 0. The highest BCUT2D eigenvalue weighted by Crippen LogP contribution is 2.56. The van der Waals surface area contributed by atoms with Crippen LogP contribution in [0.25, 0.3) is 210 Å². The number of hydrogen-bond donors (Lipinski definition) is 0. The van der Waals surface area contributed by atoms with Gasteiger partial charge in [0.1, 0.15) is 28.2 Å². The van der Waals surface area contributed by atoms with Gasteiger partial charge in [-0.15, -0.1) is 0 Å². The van der Waals surface area contributed by atoms with Crippen LogP contribution in [0.2, 0.25) is 0 Å². The highest BCUT2D eigenvalue weighted by atomic mass is 15.0. The molecule has 0 saturated carbocycles. The first kappa shape index (κ1) is 75.0.